The zero-order valence-electron chi connectivity index (χ0n) is 32.4. The number of rotatable bonds is 4. The van der Waals surface area contributed by atoms with Gasteiger partial charge in [-0.05, 0) is 52.3 Å². The summed E-state index contributed by atoms with van der Waals surface area (Å²) in [6, 6.07) is 38.7. The Morgan fingerprint density at radius 1 is 0.620 bits per heavy atom. The number of fused-ring (bicyclic) bond motifs is 2. The Bertz CT molecular complexity index is 1890. The molecule has 0 aromatic heterocycles. The molecule has 6 rings (SSSR count). The Labute approximate surface area is 334 Å². The zero-order chi connectivity index (χ0) is 33.8. The second-order valence-electron chi connectivity index (χ2n) is 14.9. The van der Waals surface area contributed by atoms with Crippen LogP contribution in [-0.2, 0) is 40.6 Å². The van der Waals surface area contributed by atoms with Crippen LogP contribution in [0.3, 0.4) is 0 Å². The van der Waals surface area contributed by atoms with Crippen molar-refractivity contribution in [3.8, 4) is 22.3 Å². The van der Waals surface area contributed by atoms with Gasteiger partial charge < -0.3 is 14.9 Å². The molecule has 4 heteroatoms. The molecule has 0 spiro atoms. The molecule has 6 aromatic rings. The molecule has 0 atom stereocenters. The van der Waals surface area contributed by atoms with Gasteiger partial charge in [0.05, 0.1) is 0 Å². The molecule has 0 aliphatic heterocycles. The summed E-state index contributed by atoms with van der Waals surface area (Å²) in [6.45, 7) is 25.5. The minimum atomic E-state index is 0. The van der Waals surface area contributed by atoms with Gasteiger partial charge in [0.1, 0.15) is 0 Å². The van der Waals surface area contributed by atoms with Gasteiger partial charge in [0.2, 0.25) is 0 Å². The number of halogens is 2. The van der Waals surface area contributed by atoms with Crippen LogP contribution in [0.5, 0.6) is 0 Å². The molecule has 0 bridgehead atoms. The number of aryl methyl sites for hydroxylation is 2. The van der Waals surface area contributed by atoms with Gasteiger partial charge in [0, 0.05) is 0 Å². The molecule has 0 aliphatic carbocycles. The third-order valence-electron chi connectivity index (χ3n) is 9.00. The van der Waals surface area contributed by atoms with Gasteiger partial charge in [-0.1, -0.05) is 140 Å². The van der Waals surface area contributed by atoms with Gasteiger partial charge in [-0.15, -0.1) is 87.8 Å². The van der Waals surface area contributed by atoms with Gasteiger partial charge in [-0.2, -0.15) is 12.1 Å². The van der Waals surface area contributed by atoms with E-state index in [0.717, 1.165) is 6.42 Å². The molecule has 0 saturated carbocycles. The standard InChI is InChI=1S/2C22H25.2CH3.2ClH.Si.Zr/c1-15(2)18-13-17-7-6-8-20(21(17)14-18)16-9-11-19(12-10-16)22(3,4)5;1-6-16-13-18-11-15(2)12-20(21(18)14-16)17-7-9-19(10-8-17)22(3,4)5;;;;;;/h6-15H,1-5H3;7-14H,6H2,1-5H3;2*1H3;2*1H;;/q4*-1;;;;. The summed E-state index contributed by atoms with van der Waals surface area (Å²) < 4.78 is 0. The van der Waals surface area contributed by atoms with E-state index in [2.05, 4.69) is 179 Å². The van der Waals surface area contributed by atoms with Crippen LogP contribution in [0.4, 0.5) is 0 Å². The van der Waals surface area contributed by atoms with Gasteiger partial charge in [-0.25, -0.2) is 0 Å². The fourth-order valence-corrected chi connectivity index (χ4v) is 6.12. The summed E-state index contributed by atoms with van der Waals surface area (Å²) in [5.74, 6) is 0.573. The van der Waals surface area contributed by atoms with Crippen molar-refractivity contribution in [2.24, 2.45) is 0 Å². The maximum atomic E-state index is 3.06. The van der Waals surface area contributed by atoms with Crippen molar-refractivity contribution >= 4 is 53.2 Å². The van der Waals surface area contributed by atoms with Gasteiger partial charge in [0.25, 0.3) is 0 Å². The Kier molecular flexibility index (Phi) is 19.2. The predicted molar refractivity (Wildman–Crippen MR) is 229 cm³/mol. The Morgan fingerprint density at radius 3 is 1.56 bits per heavy atom. The van der Waals surface area contributed by atoms with Crippen LogP contribution in [-0.4, -0.2) is 6.88 Å². The quantitative estimate of drug-likeness (QED) is 0.123. The first kappa shape index (κ1) is 47.8. The third kappa shape index (κ3) is 11.4. The summed E-state index contributed by atoms with van der Waals surface area (Å²) in [6.07, 6.45) is 1.09. The van der Waals surface area contributed by atoms with Crippen LogP contribution in [0.1, 0.15) is 96.0 Å². The van der Waals surface area contributed by atoms with Crippen LogP contribution in [0.25, 0.3) is 43.8 Å². The molecular formula is C46H58Cl2SiZr-4. The average Bonchev–Trinajstić information content (AvgIpc) is 3.66. The number of hydrogen-bond donors (Lipinski definition) is 0. The molecule has 2 radical (unpaired) electrons. The van der Waals surface area contributed by atoms with Gasteiger partial charge >= 0.3 is 30.2 Å². The van der Waals surface area contributed by atoms with E-state index >= 15 is 0 Å². The first-order valence-corrected chi connectivity index (χ1v) is 20.8. The molecule has 268 valence electrons. The molecule has 0 fully saturated rings. The van der Waals surface area contributed by atoms with E-state index in [1.807, 2.05) is 0 Å². The first-order valence-electron chi connectivity index (χ1n) is 16.6. The van der Waals surface area contributed by atoms with Crippen LogP contribution in [0.15, 0.2) is 103 Å². The SMILES string of the molecule is CC(C)c1cc2c(-c3ccc(C(C)(C)C)cc3)cccc2[cH-]1.CCc1cc2c(-c3ccc(C(C)(C)C)cc3)cc(C)cc2[cH-]1.Cl.Cl.[CH3-].[CH3-].[Si]=[Zr]. The monoisotopic (exact) mass is 798 g/mol. The molecule has 0 unspecified atom stereocenters. The van der Waals surface area contributed by atoms with Gasteiger partial charge in [0.15, 0.2) is 0 Å². The maximum absolute atomic E-state index is 3.06. The number of benzene rings is 4. The summed E-state index contributed by atoms with van der Waals surface area (Å²) >= 11 is 1.36. The molecule has 0 saturated heterocycles. The van der Waals surface area contributed by atoms with Crippen molar-refractivity contribution in [3.05, 3.63) is 146 Å². The van der Waals surface area contributed by atoms with E-state index in [9.17, 15) is 0 Å². The van der Waals surface area contributed by atoms with Crippen molar-refractivity contribution in [2.75, 3.05) is 0 Å². The summed E-state index contributed by atoms with van der Waals surface area (Å²) in [7, 11) is 0. The zero-order valence-corrected chi connectivity index (χ0v) is 37.5. The van der Waals surface area contributed by atoms with E-state index in [4.69, 9.17) is 0 Å². The Morgan fingerprint density at radius 2 is 1.10 bits per heavy atom. The fraction of sp³-hybridized carbons (Fsp3) is 0.304. The van der Waals surface area contributed by atoms with Crippen molar-refractivity contribution < 1.29 is 23.3 Å². The molecule has 0 N–H and O–H groups in total. The first-order chi connectivity index (χ1) is 21.7. The van der Waals surface area contributed by atoms with Crippen molar-refractivity contribution in [1.82, 2.24) is 0 Å². The molecular weight excluding hydrogens is 743 g/mol. The second-order valence-corrected chi connectivity index (χ2v) is 14.9. The van der Waals surface area contributed by atoms with E-state index in [1.54, 1.807) is 0 Å². The minimum absolute atomic E-state index is 0. The molecule has 0 aliphatic rings. The molecule has 50 heavy (non-hydrogen) atoms. The van der Waals surface area contributed by atoms with E-state index < -0.39 is 0 Å². The van der Waals surface area contributed by atoms with E-state index in [1.165, 1.54) is 95.0 Å². The van der Waals surface area contributed by atoms with Crippen LogP contribution in [0.2, 0.25) is 0 Å². The van der Waals surface area contributed by atoms with Crippen LogP contribution in [0, 0.1) is 21.8 Å². The number of hydrogen-bond acceptors (Lipinski definition) is 0. The predicted octanol–water partition coefficient (Wildman–Crippen LogP) is 14.4. The fourth-order valence-electron chi connectivity index (χ4n) is 6.12. The topological polar surface area (TPSA) is 0 Å². The Hall–Kier alpha value is -2.22. The average molecular weight is 801 g/mol. The summed E-state index contributed by atoms with van der Waals surface area (Å²) in [4.78, 5) is 0. The van der Waals surface area contributed by atoms with Crippen LogP contribution < -0.4 is 0 Å². The second kappa shape index (κ2) is 20.1. The van der Waals surface area contributed by atoms with E-state index in [-0.39, 0.29) is 50.5 Å². The third-order valence-corrected chi connectivity index (χ3v) is 9.00. The van der Waals surface area contributed by atoms with Crippen molar-refractivity contribution in [1.29, 1.82) is 0 Å². The van der Waals surface area contributed by atoms with Crippen molar-refractivity contribution in [3.63, 3.8) is 0 Å². The molecule has 6 aromatic carbocycles. The van der Waals surface area contributed by atoms with Gasteiger partial charge in [-0.3, -0.25) is 0 Å². The summed E-state index contributed by atoms with van der Waals surface area (Å²) in [5, 5.41) is 5.47. The molecule has 0 heterocycles. The molecule has 0 nitrogen and oxygen atoms in total. The van der Waals surface area contributed by atoms with Crippen LogP contribution >= 0.6 is 24.8 Å². The normalized spacial score (nSPS) is 10.8. The van der Waals surface area contributed by atoms with Crippen molar-refractivity contribution in [2.45, 2.75) is 92.4 Å². The van der Waals surface area contributed by atoms with E-state index in [0.29, 0.717) is 5.92 Å². The summed E-state index contributed by atoms with van der Waals surface area (Å²) in [5.41, 5.74) is 12.7. The molecule has 0 amide bonds. The Balaban J connectivity index is 0.000000850.